The van der Waals surface area contributed by atoms with E-state index in [1.807, 2.05) is 7.05 Å². The van der Waals surface area contributed by atoms with E-state index in [1.54, 1.807) is 0 Å². The van der Waals surface area contributed by atoms with E-state index < -0.39 is 0 Å². The number of hydrogen-bond donors (Lipinski definition) is 1. The molecule has 15 heavy (non-hydrogen) atoms. The second-order valence-corrected chi connectivity index (χ2v) is 3.72. The van der Waals surface area contributed by atoms with Crippen molar-refractivity contribution < 1.29 is 0 Å². The number of nitrogens with one attached hydrogen (secondary N) is 1. The summed E-state index contributed by atoms with van der Waals surface area (Å²) in [6, 6.07) is 0.428. The minimum absolute atomic E-state index is 0.428. The molecule has 0 aliphatic heterocycles. The van der Waals surface area contributed by atoms with Crippen LogP contribution in [0.4, 0.5) is 0 Å². The van der Waals surface area contributed by atoms with E-state index >= 15 is 0 Å². The fraction of sp³-hybridized carbons (Fsp3) is 0.818. The smallest absolute Gasteiger partial charge is 0.150 e. The normalized spacial score (nSPS) is 13.1. The second-order valence-electron chi connectivity index (χ2n) is 3.72. The zero-order chi connectivity index (χ0) is 11.3. The first-order chi connectivity index (χ1) is 7.26. The van der Waals surface area contributed by atoms with E-state index in [0.29, 0.717) is 6.04 Å². The van der Waals surface area contributed by atoms with E-state index in [4.69, 9.17) is 0 Å². The van der Waals surface area contributed by atoms with Gasteiger partial charge in [0.25, 0.3) is 0 Å². The predicted molar refractivity (Wildman–Crippen MR) is 62.0 cm³/mol. The van der Waals surface area contributed by atoms with Crippen molar-refractivity contribution in [1.29, 1.82) is 0 Å². The third-order valence-corrected chi connectivity index (χ3v) is 2.64. The van der Waals surface area contributed by atoms with Gasteiger partial charge in [0.1, 0.15) is 5.82 Å². The highest BCUT2D eigenvalue weighted by Gasteiger charge is 2.14. The molecule has 86 valence electrons. The maximum Gasteiger partial charge on any atom is 0.150 e. The molecule has 0 bridgehead atoms. The van der Waals surface area contributed by atoms with Gasteiger partial charge in [-0.3, -0.25) is 0 Å². The molecule has 0 aliphatic rings. The Hall–Kier alpha value is -0.900. The zero-order valence-corrected chi connectivity index (χ0v) is 10.2. The Morgan fingerprint density at radius 1 is 1.27 bits per heavy atom. The summed E-state index contributed by atoms with van der Waals surface area (Å²) in [7, 11) is 1.98. The van der Waals surface area contributed by atoms with Gasteiger partial charge in [0.05, 0.1) is 6.04 Å². The van der Waals surface area contributed by atoms with Gasteiger partial charge in [-0.05, 0) is 13.5 Å². The topological polar surface area (TPSA) is 42.7 Å². The Kier molecular flexibility index (Phi) is 4.75. The molecule has 0 saturated carbocycles. The lowest BCUT2D eigenvalue weighted by Gasteiger charge is -2.16. The third-order valence-electron chi connectivity index (χ3n) is 2.64. The largest absolute Gasteiger partial charge is 0.318 e. The minimum Gasteiger partial charge on any atom is -0.318 e. The van der Waals surface area contributed by atoms with E-state index in [9.17, 15) is 0 Å². The number of likely N-dealkylation sites (N-methyl/N-ethyl adjacent to an activating group) is 1. The molecule has 1 N–H and O–H groups in total. The molecule has 0 amide bonds. The highest BCUT2D eigenvalue weighted by atomic mass is 15.4. The first kappa shape index (κ1) is 12.2. The van der Waals surface area contributed by atoms with Crippen molar-refractivity contribution >= 4 is 0 Å². The number of aromatic nitrogens is 3. The van der Waals surface area contributed by atoms with E-state index in [0.717, 1.165) is 37.5 Å². The fourth-order valence-electron chi connectivity index (χ4n) is 1.73. The Balaban J connectivity index is 2.93. The first-order valence-electron chi connectivity index (χ1n) is 5.85. The molecule has 1 aromatic rings. The molecular weight excluding hydrogens is 188 g/mol. The predicted octanol–water partition coefficient (Wildman–Crippen LogP) is 1.57. The minimum atomic E-state index is 0.428. The second kappa shape index (κ2) is 5.85. The first-order valence-corrected chi connectivity index (χ1v) is 5.85. The summed E-state index contributed by atoms with van der Waals surface area (Å²) < 4.78 is 2.09. The van der Waals surface area contributed by atoms with Crippen LogP contribution in [0.2, 0.25) is 0 Å². The molecule has 0 saturated heterocycles. The Morgan fingerprint density at radius 2 is 2.00 bits per heavy atom. The number of aryl methyl sites for hydroxylation is 2. The number of nitrogens with zero attached hydrogens (tertiary/aromatic N) is 3. The average molecular weight is 210 g/mol. The van der Waals surface area contributed by atoms with Crippen LogP contribution in [-0.4, -0.2) is 28.4 Å². The summed E-state index contributed by atoms with van der Waals surface area (Å²) in [5.74, 6) is 2.07. The van der Waals surface area contributed by atoms with Crippen molar-refractivity contribution in [3.05, 3.63) is 11.6 Å². The van der Waals surface area contributed by atoms with Gasteiger partial charge in [0, 0.05) is 19.4 Å². The molecule has 0 radical (unpaired) electrons. The summed E-state index contributed by atoms with van der Waals surface area (Å²) >= 11 is 0. The van der Waals surface area contributed by atoms with Gasteiger partial charge in [0.15, 0.2) is 5.82 Å². The van der Waals surface area contributed by atoms with Crippen LogP contribution in [0.5, 0.6) is 0 Å². The summed E-state index contributed by atoms with van der Waals surface area (Å²) in [5.41, 5.74) is 0. The van der Waals surface area contributed by atoms with Gasteiger partial charge >= 0.3 is 0 Å². The van der Waals surface area contributed by atoms with Crippen LogP contribution < -0.4 is 5.32 Å². The van der Waals surface area contributed by atoms with E-state index in [-0.39, 0.29) is 0 Å². The lowest BCUT2D eigenvalue weighted by molar-refractivity contribution is 0.409. The van der Waals surface area contributed by atoms with Gasteiger partial charge < -0.3 is 5.32 Å². The summed E-state index contributed by atoms with van der Waals surface area (Å²) in [6.45, 7) is 7.37. The van der Waals surface area contributed by atoms with Crippen molar-refractivity contribution in [2.24, 2.45) is 0 Å². The van der Waals surface area contributed by atoms with Crippen molar-refractivity contribution in [2.75, 3.05) is 13.6 Å². The molecule has 4 nitrogen and oxygen atoms in total. The molecule has 1 heterocycles. The molecule has 4 heteroatoms. The Bertz CT molecular complexity index is 293. The lowest BCUT2D eigenvalue weighted by Crippen LogP contribution is -2.24. The lowest BCUT2D eigenvalue weighted by atomic mass is 10.2. The molecule has 1 atom stereocenters. The summed E-state index contributed by atoms with van der Waals surface area (Å²) in [4.78, 5) is 4.52. The van der Waals surface area contributed by atoms with Crippen LogP contribution in [0.15, 0.2) is 0 Å². The molecule has 1 rings (SSSR count). The van der Waals surface area contributed by atoms with Crippen molar-refractivity contribution in [1.82, 2.24) is 20.1 Å². The molecular formula is C11H22N4. The van der Waals surface area contributed by atoms with Crippen LogP contribution in [-0.2, 0) is 12.8 Å². The number of hydrogen-bond acceptors (Lipinski definition) is 3. The summed E-state index contributed by atoms with van der Waals surface area (Å²) in [6.07, 6.45) is 2.95. The van der Waals surface area contributed by atoms with Crippen LogP contribution >= 0.6 is 0 Å². The molecule has 0 aromatic carbocycles. The SMILES string of the molecule is CCc1nc(CC)n(C(CC)CNC)n1. The Morgan fingerprint density at radius 3 is 2.47 bits per heavy atom. The molecule has 1 aromatic heterocycles. The number of rotatable bonds is 6. The fourth-order valence-corrected chi connectivity index (χ4v) is 1.73. The van der Waals surface area contributed by atoms with Crippen LogP contribution in [0.25, 0.3) is 0 Å². The van der Waals surface area contributed by atoms with Crippen molar-refractivity contribution in [3.63, 3.8) is 0 Å². The van der Waals surface area contributed by atoms with Gasteiger partial charge in [-0.15, -0.1) is 0 Å². The standard InChI is InChI=1S/C11H22N4/c1-5-9(8-12-4)15-11(7-3)13-10(6-2)14-15/h9,12H,5-8H2,1-4H3. The molecule has 1 unspecified atom stereocenters. The zero-order valence-electron chi connectivity index (χ0n) is 10.2. The van der Waals surface area contributed by atoms with Crippen LogP contribution in [0.3, 0.4) is 0 Å². The third kappa shape index (κ3) is 2.78. The maximum absolute atomic E-state index is 4.55. The van der Waals surface area contributed by atoms with Gasteiger partial charge in [-0.1, -0.05) is 20.8 Å². The highest BCUT2D eigenvalue weighted by molar-refractivity contribution is 4.95. The van der Waals surface area contributed by atoms with Gasteiger partial charge in [-0.25, -0.2) is 9.67 Å². The van der Waals surface area contributed by atoms with E-state index in [1.165, 1.54) is 0 Å². The highest BCUT2D eigenvalue weighted by Crippen LogP contribution is 2.12. The quantitative estimate of drug-likeness (QED) is 0.775. The van der Waals surface area contributed by atoms with Crippen LogP contribution in [0, 0.1) is 0 Å². The van der Waals surface area contributed by atoms with Crippen molar-refractivity contribution in [2.45, 2.75) is 46.1 Å². The van der Waals surface area contributed by atoms with E-state index in [2.05, 4.69) is 40.9 Å². The summed E-state index contributed by atoms with van der Waals surface area (Å²) in [5, 5.41) is 7.76. The molecule has 0 fully saturated rings. The Labute approximate surface area is 92.1 Å². The van der Waals surface area contributed by atoms with Crippen LogP contribution in [0.1, 0.15) is 44.9 Å². The molecule has 0 spiro atoms. The average Bonchev–Trinajstić information content (AvgIpc) is 2.68. The molecule has 0 aliphatic carbocycles. The van der Waals surface area contributed by atoms with Gasteiger partial charge in [0.2, 0.25) is 0 Å². The van der Waals surface area contributed by atoms with Gasteiger partial charge in [-0.2, -0.15) is 5.10 Å². The maximum atomic E-state index is 4.55. The van der Waals surface area contributed by atoms with Crippen molar-refractivity contribution in [3.8, 4) is 0 Å². The monoisotopic (exact) mass is 210 g/mol.